The number of aryl methyl sites for hydroxylation is 1. The smallest absolute Gasteiger partial charge is 0.354 e. The van der Waals surface area contributed by atoms with Gasteiger partial charge in [0.25, 0.3) is 0 Å². The highest BCUT2D eigenvalue weighted by molar-refractivity contribution is 5.87. The second-order valence-electron chi connectivity index (χ2n) is 4.67. The monoisotopic (exact) mass is 270 g/mol. The summed E-state index contributed by atoms with van der Waals surface area (Å²) in [6.07, 6.45) is 1.51. The maximum absolute atomic E-state index is 11.2. The highest BCUT2D eigenvalue weighted by Crippen LogP contribution is 2.19. The number of nitrogens with zero attached hydrogens (tertiary/aromatic N) is 2. The molecule has 4 heteroatoms. The van der Waals surface area contributed by atoms with Crippen molar-refractivity contribution in [3.63, 3.8) is 0 Å². The minimum atomic E-state index is -0.985. The molecule has 104 valence electrons. The van der Waals surface area contributed by atoms with Gasteiger partial charge in [0.15, 0.2) is 5.69 Å². The van der Waals surface area contributed by atoms with Crippen LogP contribution in [-0.4, -0.2) is 22.6 Å². The van der Waals surface area contributed by atoms with Crippen LogP contribution in [0.4, 0.5) is 5.69 Å². The molecule has 1 N–H and O–H groups in total. The summed E-state index contributed by atoms with van der Waals surface area (Å²) in [5, 5.41) is 9.18. The van der Waals surface area contributed by atoms with E-state index in [0.717, 1.165) is 17.8 Å². The predicted octanol–water partition coefficient (Wildman–Crippen LogP) is 3.11. The molecular formula is C16H18N2O2. The van der Waals surface area contributed by atoms with Gasteiger partial charge in [0.05, 0.1) is 0 Å². The molecule has 2 rings (SSSR count). The molecule has 2 aromatic rings. The van der Waals surface area contributed by atoms with Gasteiger partial charge >= 0.3 is 5.97 Å². The Kier molecular flexibility index (Phi) is 4.35. The third-order valence-corrected chi connectivity index (χ3v) is 3.20. The summed E-state index contributed by atoms with van der Waals surface area (Å²) in [7, 11) is 0. The molecule has 1 heterocycles. The van der Waals surface area contributed by atoms with Crippen molar-refractivity contribution in [3.8, 4) is 0 Å². The van der Waals surface area contributed by atoms with Crippen molar-refractivity contribution < 1.29 is 9.90 Å². The summed E-state index contributed by atoms with van der Waals surface area (Å²) in [5.41, 5.74) is 3.13. The maximum atomic E-state index is 11.2. The molecule has 1 aromatic heterocycles. The molecule has 0 aliphatic carbocycles. The Morgan fingerprint density at radius 3 is 2.75 bits per heavy atom. The molecule has 1 aromatic carbocycles. The van der Waals surface area contributed by atoms with Crippen molar-refractivity contribution in [2.45, 2.75) is 20.4 Å². The standard InChI is InChI=1S/C16H18N2O2/c1-3-18(14-8-4-6-12(2)10-14)11-13-7-5-9-17-15(13)16(19)20/h4-10H,3,11H2,1-2H3,(H,19,20). The Bertz CT molecular complexity index is 611. The van der Waals surface area contributed by atoms with Crippen LogP contribution in [0.5, 0.6) is 0 Å². The predicted molar refractivity (Wildman–Crippen MR) is 79.1 cm³/mol. The number of carboxylic acid groups (broad SMARTS) is 1. The van der Waals surface area contributed by atoms with Crippen molar-refractivity contribution in [2.75, 3.05) is 11.4 Å². The lowest BCUT2D eigenvalue weighted by atomic mass is 10.1. The lowest BCUT2D eigenvalue weighted by molar-refractivity contribution is 0.0689. The van der Waals surface area contributed by atoms with E-state index in [1.165, 1.54) is 11.8 Å². The fourth-order valence-corrected chi connectivity index (χ4v) is 2.17. The Morgan fingerprint density at radius 2 is 2.10 bits per heavy atom. The summed E-state index contributed by atoms with van der Waals surface area (Å²) < 4.78 is 0. The van der Waals surface area contributed by atoms with Crippen LogP contribution in [0.15, 0.2) is 42.6 Å². The van der Waals surface area contributed by atoms with E-state index in [4.69, 9.17) is 0 Å². The second-order valence-corrected chi connectivity index (χ2v) is 4.67. The average molecular weight is 270 g/mol. The van der Waals surface area contributed by atoms with Crippen molar-refractivity contribution >= 4 is 11.7 Å². The van der Waals surface area contributed by atoms with Crippen molar-refractivity contribution in [2.24, 2.45) is 0 Å². The van der Waals surface area contributed by atoms with E-state index in [2.05, 4.69) is 22.9 Å². The highest BCUT2D eigenvalue weighted by atomic mass is 16.4. The number of aromatic carboxylic acids is 1. The molecule has 0 saturated heterocycles. The summed E-state index contributed by atoms with van der Waals surface area (Å²) >= 11 is 0. The zero-order valence-corrected chi connectivity index (χ0v) is 11.7. The van der Waals surface area contributed by atoms with Crippen molar-refractivity contribution in [1.29, 1.82) is 0 Å². The zero-order chi connectivity index (χ0) is 14.5. The van der Waals surface area contributed by atoms with Crippen LogP contribution >= 0.6 is 0 Å². The zero-order valence-electron chi connectivity index (χ0n) is 11.7. The molecule has 0 unspecified atom stereocenters. The van der Waals surface area contributed by atoms with Gasteiger partial charge in [-0.1, -0.05) is 18.2 Å². The highest BCUT2D eigenvalue weighted by Gasteiger charge is 2.14. The number of pyridine rings is 1. The third kappa shape index (κ3) is 3.15. The van der Waals surface area contributed by atoms with Crippen LogP contribution in [-0.2, 0) is 6.54 Å². The van der Waals surface area contributed by atoms with Crippen molar-refractivity contribution in [1.82, 2.24) is 4.98 Å². The van der Waals surface area contributed by atoms with Crippen LogP contribution in [0.2, 0.25) is 0 Å². The van der Waals surface area contributed by atoms with Gasteiger partial charge in [0, 0.05) is 30.5 Å². The number of hydrogen-bond acceptors (Lipinski definition) is 3. The maximum Gasteiger partial charge on any atom is 0.354 e. The van der Waals surface area contributed by atoms with Gasteiger partial charge in [0.2, 0.25) is 0 Å². The topological polar surface area (TPSA) is 53.4 Å². The SMILES string of the molecule is CCN(Cc1cccnc1C(=O)O)c1cccc(C)c1. The Balaban J connectivity index is 2.29. The second kappa shape index (κ2) is 6.19. The first-order valence-electron chi connectivity index (χ1n) is 6.60. The van der Waals surface area contributed by atoms with E-state index in [0.29, 0.717) is 6.54 Å². The number of hydrogen-bond donors (Lipinski definition) is 1. The van der Waals surface area contributed by atoms with Gasteiger partial charge in [-0.25, -0.2) is 9.78 Å². The molecule has 0 amide bonds. The van der Waals surface area contributed by atoms with E-state index in [9.17, 15) is 9.90 Å². The first-order valence-corrected chi connectivity index (χ1v) is 6.60. The molecular weight excluding hydrogens is 252 g/mol. The van der Waals surface area contributed by atoms with Gasteiger partial charge in [-0.05, 0) is 37.6 Å². The summed E-state index contributed by atoms with van der Waals surface area (Å²) in [6.45, 7) is 5.44. The number of anilines is 1. The lowest BCUT2D eigenvalue weighted by Crippen LogP contribution is -2.23. The van der Waals surface area contributed by atoms with Crippen LogP contribution in [0, 0.1) is 6.92 Å². The normalized spacial score (nSPS) is 10.3. The van der Waals surface area contributed by atoms with E-state index in [1.54, 1.807) is 6.07 Å². The molecule has 20 heavy (non-hydrogen) atoms. The number of aromatic nitrogens is 1. The largest absolute Gasteiger partial charge is 0.477 e. The molecule has 4 nitrogen and oxygen atoms in total. The van der Waals surface area contributed by atoms with Gasteiger partial charge in [-0.15, -0.1) is 0 Å². The number of carboxylic acids is 1. The van der Waals surface area contributed by atoms with Crippen molar-refractivity contribution in [3.05, 3.63) is 59.4 Å². The van der Waals surface area contributed by atoms with Gasteiger partial charge in [0.1, 0.15) is 0 Å². The molecule has 0 fully saturated rings. The fourth-order valence-electron chi connectivity index (χ4n) is 2.17. The van der Waals surface area contributed by atoms with Gasteiger partial charge in [-0.2, -0.15) is 0 Å². The fraction of sp³-hybridized carbons (Fsp3) is 0.250. The molecule has 0 radical (unpaired) electrons. The van der Waals surface area contributed by atoms with Crippen LogP contribution < -0.4 is 4.90 Å². The number of carbonyl (C=O) groups is 1. The minimum absolute atomic E-state index is 0.124. The Labute approximate surface area is 118 Å². The minimum Gasteiger partial charge on any atom is -0.477 e. The summed E-state index contributed by atoms with van der Waals surface area (Å²) in [4.78, 5) is 17.3. The third-order valence-electron chi connectivity index (χ3n) is 3.20. The summed E-state index contributed by atoms with van der Waals surface area (Å²) in [6, 6.07) is 11.8. The van der Waals surface area contributed by atoms with Gasteiger partial charge in [-0.3, -0.25) is 0 Å². The van der Waals surface area contributed by atoms with E-state index in [-0.39, 0.29) is 5.69 Å². The Morgan fingerprint density at radius 1 is 1.30 bits per heavy atom. The van der Waals surface area contributed by atoms with Crippen LogP contribution in [0.1, 0.15) is 28.5 Å². The molecule has 0 atom stereocenters. The molecule has 0 aliphatic heterocycles. The van der Waals surface area contributed by atoms with E-state index >= 15 is 0 Å². The molecule has 0 bridgehead atoms. The van der Waals surface area contributed by atoms with Crippen LogP contribution in [0.3, 0.4) is 0 Å². The summed E-state index contributed by atoms with van der Waals surface area (Å²) in [5.74, 6) is -0.985. The van der Waals surface area contributed by atoms with Gasteiger partial charge < -0.3 is 10.0 Å². The Hall–Kier alpha value is -2.36. The van der Waals surface area contributed by atoms with E-state index in [1.807, 2.05) is 31.2 Å². The quantitative estimate of drug-likeness (QED) is 0.907. The average Bonchev–Trinajstić information content (AvgIpc) is 2.45. The number of benzene rings is 1. The first kappa shape index (κ1) is 14.1. The van der Waals surface area contributed by atoms with Crippen LogP contribution in [0.25, 0.3) is 0 Å². The number of rotatable bonds is 5. The molecule has 0 saturated carbocycles. The van der Waals surface area contributed by atoms with E-state index < -0.39 is 5.97 Å². The molecule has 0 aliphatic rings. The molecule has 0 spiro atoms. The first-order chi connectivity index (χ1) is 9.61. The lowest BCUT2D eigenvalue weighted by Gasteiger charge is -2.24.